The highest BCUT2D eigenvalue weighted by Gasteiger charge is 2.30. The number of benzene rings is 2. The van der Waals surface area contributed by atoms with Gasteiger partial charge in [0, 0.05) is 48.7 Å². The number of halogens is 5. The first-order valence-electron chi connectivity index (χ1n) is 12.9. The van der Waals surface area contributed by atoms with Crippen LogP contribution in [0.4, 0.5) is 29.2 Å². The third-order valence-corrected chi connectivity index (χ3v) is 8.46. The molecule has 222 valence electrons. The van der Waals surface area contributed by atoms with E-state index in [9.17, 15) is 17.6 Å². The lowest BCUT2D eigenvalue weighted by atomic mass is 10.0. The topological polar surface area (TPSA) is 118 Å². The van der Waals surface area contributed by atoms with Crippen LogP contribution in [0, 0.1) is 17.5 Å². The Morgan fingerprint density at radius 3 is 2.48 bits per heavy atom. The fraction of sp³-hybridized carbons (Fsp3) is 0.296. The molecule has 1 fully saturated rings. The molecule has 9 nitrogen and oxygen atoms in total. The van der Waals surface area contributed by atoms with Gasteiger partial charge in [0.05, 0.1) is 15.5 Å². The van der Waals surface area contributed by atoms with Gasteiger partial charge in [0.1, 0.15) is 17.5 Å². The fourth-order valence-electron chi connectivity index (χ4n) is 4.78. The number of nitrogens with one attached hydrogen (secondary N) is 3. The van der Waals surface area contributed by atoms with Crippen LogP contribution in [0.3, 0.4) is 0 Å². The summed E-state index contributed by atoms with van der Waals surface area (Å²) in [4.78, 5) is 21.9. The summed E-state index contributed by atoms with van der Waals surface area (Å²) >= 11 is 6.14. The summed E-state index contributed by atoms with van der Waals surface area (Å²) in [6.07, 6.45) is 0.515. The SMILES string of the molecule is CC(C)n1c(=O)c(-c2c(F)c(F)c(NS(=O)(=O)c3ccccc3)c(F)c2Cl)cc2cnc(N[C@@H]3CNC[C@@H](F)C3)nc21. The van der Waals surface area contributed by atoms with Gasteiger partial charge in [-0.15, -0.1) is 0 Å². The highest BCUT2D eigenvalue weighted by atomic mass is 35.5. The van der Waals surface area contributed by atoms with Crippen LogP contribution >= 0.6 is 11.6 Å². The van der Waals surface area contributed by atoms with E-state index in [2.05, 4.69) is 20.6 Å². The Morgan fingerprint density at radius 2 is 1.81 bits per heavy atom. The molecule has 0 unspecified atom stereocenters. The third kappa shape index (κ3) is 5.53. The highest BCUT2D eigenvalue weighted by Crippen LogP contribution is 2.39. The largest absolute Gasteiger partial charge is 0.350 e. The van der Waals surface area contributed by atoms with Crippen molar-refractivity contribution in [3.05, 3.63) is 75.4 Å². The van der Waals surface area contributed by atoms with E-state index in [0.29, 0.717) is 6.54 Å². The average Bonchev–Trinajstić information content (AvgIpc) is 2.95. The summed E-state index contributed by atoms with van der Waals surface area (Å²) in [7, 11) is -4.51. The molecule has 0 bridgehead atoms. The first-order chi connectivity index (χ1) is 19.9. The number of nitrogens with zero attached hydrogens (tertiary/aromatic N) is 3. The molecule has 4 aromatic rings. The molecule has 2 aromatic carbocycles. The van der Waals surface area contributed by atoms with Gasteiger partial charge in [-0.3, -0.25) is 14.1 Å². The van der Waals surface area contributed by atoms with E-state index in [1.807, 2.05) is 0 Å². The monoisotopic (exact) mass is 624 g/mol. The van der Waals surface area contributed by atoms with E-state index in [-0.39, 0.29) is 40.9 Å². The van der Waals surface area contributed by atoms with Crippen molar-refractivity contribution in [2.24, 2.45) is 0 Å². The average molecular weight is 625 g/mol. The second-order valence-electron chi connectivity index (χ2n) is 10.1. The molecular weight excluding hydrogens is 600 g/mol. The van der Waals surface area contributed by atoms with Crippen LogP contribution < -0.4 is 20.9 Å². The molecule has 1 saturated heterocycles. The first-order valence-corrected chi connectivity index (χ1v) is 14.7. The Kier molecular flexibility index (Phi) is 8.14. The summed E-state index contributed by atoms with van der Waals surface area (Å²) < 4.78 is 88.3. The van der Waals surface area contributed by atoms with Crippen LogP contribution in [0.25, 0.3) is 22.2 Å². The van der Waals surface area contributed by atoms with Gasteiger partial charge >= 0.3 is 0 Å². The lowest BCUT2D eigenvalue weighted by Crippen LogP contribution is -2.44. The maximum atomic E-state index is 15.5. The number of anilines is 2. The zero-order chi connectivity index (χ0) is 30.3. The maximum Gasteiger partial charge on any atom is 0.262 e. The highest BCUT2D eigenvalue weighted by molar-refractivity contribution is 7.92. The van der Waals surface area contributed by atoms with E-state index >= 15 is 13.2 Å². The van der Waals surface area contributed by atoms with Gasteiger partial charge in [-0.25, -0.2) is 31.0 Å². The van der Waals surface area contributed by atoms with Gasteiger partial charge in [0.25, 0.3) is 15.6 Å². The van der Waals surface area contributed by atoms with Crippen molar-refractivity contribution in [3.8, 4) is 11.1 Å². The number of hydrogen-bond acceptors (Lipinski definition) is 7. The molecule has 0 aliphatic carbocycles. The summed E-state index contributed by atoms with van der Waals surface area (Å²) in [5.74, 6) is -5.10. The molecule has 15 heteroatoms. The second kappa shape index (κ2) is 11.5. The quantitative estimate of drug-likeness (QED) is 0.195. The maximum absolute atomic E-state index is 15.5. The van der Waals surface area contributed by atoms with Crippen LogP contribution in [-0.2, 0) is 10.0 Å². The zero-order valence-corrected chi connectivity index (χ0v) is 23.8. The molecule has 2 atom stereocenters. The molecule has 2 aromatic heterocycles. The molecule has 0 radical (unpaired) electrons. The number of hydrogen-bond donors (Lipinski definition) is 3. The predicted molar refractivity (Wildman–Crippen MR) is 152 cm³/mol. The summed E-state index contributed by atoms with van der Waals surface area (Å²) in [5.41, 5.74) is -3.43. The van der Waals surface area contributed by atoms with Crippen LogP contribution in [0.5, 0.6) is 0 Å². The standard InChI is InChI=1S/C27H25ClF4N6O3S/c1-13(2)38-25-14(10-34-27(36-25)35-16-9-15(29)11-33-12-16)8-18(26(38)39)19-20(28)22(31)24(23(32)21(19)30)37-42(40,41)17-6-4-3-5-7-17/h3-8,10,13,15-16,33,37H,9,11-12H2,1-2H3,(H,34,35,36)/t15-,16-/m0/s1. The summed E-state index contributed by atoms with van der Waals surface area (Å²) in [6, 6.07) is 6.98. The van der Waals surface area contributed by atoms with Crippen molar-refractivity contribution in [3.63, 3.8) is 0 Å². The molecule has 42 heavy (non-hydrogen) atoms. The van der Waals surface area contributed by atoms with Crippen LogP contribution in [-0.4, -0.2) is 48.3 Å². The molecule has 5 rings (SSSR count). The van der Waals surface area contributed by atoms with E-state index in [1.165, 1.54) is 41.1 Å². The minimum absolute atomic E-state index is 0.126. The Hall–Kier alpha value is -3.75. The van der Waals surface area contributed by atoms with Crippen molar-refractivity contribution in [2.75, 3.05) is 23.1 Å². The Bertz CT molecular complexity index is 1810. The van der Waals surface area contributed by atoms with Crippen LogP contribution in [0.2, 0.25) is 5.02 Å². The first kappa shape index (κ1) is 29.7. The van der Waals surface area contributed by atoms with Crippen molar-refractivity contribution < 1.29 is 26.0 Å². The van der Waals surface area contributed by atoms with Crippen LogP contribution in [0.1, 0.15) is 26.3 Å². The zero-order valence-electron chi connectivity index (χ0n) is 22.3. The number of piperidine rings is 1. The number of sulfonamides is 1. The lowest BCUT2D eigenvalue weighted by Gasteiger charge is -2.26. The molecule has 0 saturated carbocycles. The molecular formula is C27H25ClF4N6O3S. The minimum Gasteiger partial charge on any atom is -0.350 e. The fourth-order valence-corrected chi connectivity index (χ4v) is 6.14. The predicted octanol–water partition coefficient (Wildman–Crippen LogP) is 5.02. The summed E-state index contributed by atoms with van der Waals surface area (Å²) in [5, 5.41) is 5.20. The van der Waals surface area contributed by atoms with E-state index in [4.69, 9.17) is 11.6 Å². The van der Waals surface area contributed by atoms with Gasteiger partial charge in [-0.2, -0.15) is 4.98 Å². The van der Waals surface area contributed by atoms with Crippen LogP contribution in [0.15, 0.2) is 52.3 Å². The molecule has 3 heterocycles. The molecule has 1 aliphatic rings. The summed E-state index contributed by atoms with van der Waals surface area (Å²) in [6.45, 7) is 4.02. The van der Waals surface area contributed by atoms with E-state index in [0.717, 1.165) is 6.07 Å². The number of pyridine rings is 1. The molecule has 3 N–H and O–H groups in total. The smallest absolute Gasteiger partial charge is 0.262 e. The van der Waals surface area contributed by atoms with Crippen molar-refractivity contribution in [1.29, 1.82) is 0 Å². The second-order valence-corrected chi connectivity index (χ2v) is 12.1. The Labute approximate surface area is 243 Å². The van der Waals surface area contributed by atoms with Crippen molar-refractivity contribution in [2.45, 2.75) is 43.4 Å². The molecule has 0 spiro atoms. The Balaban J connectivity index is 1.61. The number of fused-ring (bicyclic) bond motifs is 1. The van der Waals surface area contributed by atoms with Crippen molar-refractivity contribution >= 4 is 44.3 Å². The molecule has 1 aliphatic heterocycles. The van der Waals surface area contributed by atoms with Crippen molar-refractivity contribution in [1.82, 2.24) is 19.9 Å². The van der Waals surface area contributed by atoms with Gasteiger partial charge in [-0.05, 0) is 32.0 Å². The molecule has 0 amide bonds. The van der Waals surface area contributed by atoms with Gasteiger partial charge in [0.15, 0.2) is 17.5 Å². The number of alkyl halides is 1. The normalized spacial score (nSPS) is 17.5. The van der Waals surface area contributed by atoms with Gasteiger partial charge < -0.3 is 10.6 Å². The number of aromatic nitrogens is 3. The number of rotatable bonds is 7. The lowest BCUT2D eigenvalue weighted by molar-refractivity contribution is 0.254. The van der Waals surface area contributed by atoms with Gasteiger partial charge in [0.2, 0.25) is 5.95 Å². The van der Waals surface area contributed by atoms with Gasteiger partial charge in [-0.1, -0.05) is 29.8 Å². The Morgan fingerprint density at radius 1 is 1.10 bits per heavy atom. The third-order valence-electron chi connectivity index (χ3n) is 6.74. The minimum atomic E-state index is -4.51. The van der Waals surface area contributed by atoms with E-state index < -0.39 is 67.1 Å². The van der Waals surface area contributed by atoms with E-state index in [1.54, 1.807) is 18.6 Å².